The molecule has 0 atom stereocenters. The summed E-state index contributed by atoms with van der Waals surface area (Å²) in [5.41, 5.74) is 5.11. The summed E-state index contributed by atoms with van der Waals surface area (Å²) in [6.07, 6.45) is 0. The molecule has 2 N–H and O–H groups in total. The van der Waals surface area contributed by atoms with Crippen LogP contribution < -0.4 is 10.5 Å². The van der Waals surface area contributed by atoms with Crippen LogP contribution in [0.5, 0.6) is 11.6 Å². The van der Waals surface area contributed by atoms with Crippen molar-refractivity contribution in [2.24, 2.45) is 0 Å². The van der Waals surface area contributed by atoms with Gasteiger partial charge in [-0.05, 0) is 12.1 Å². The second-order valence-corrected chi connectivity index (χ2v) is 3.30. The molecule has 0 bridgehead atoms. The van der Waals surface area contributed by atoms with Gasteiger partial charge in [0, 0.05) is 6.07 Å². The average Bonchev–Trinajstić information content (AvgIpc) is 2.32. The van der Waals surface area contributed by atoms with Crippen LogP contribution in [0.2, 0.25) is 0 Å². The molecule has 2 aromatic rings. The fourth-order valence-electron chi connectivity index (χ4n) is 1.20. The van der Waals surface area contributed by atoms with Crippen LogP contribution in [0, 0.1) is 23.3 Å². The Hall–Kier alpha value is -2.31. The molecule has 0 fully saturated rings. The summed E-state index contributed by atoms with van der Waals surface area (Å²) < 4.78 is 56.9. The van der Waals surface area contributed by atoms with E-state index < -0.39 is 40.7 Å². The lowest BCUT2D eigenvalue weighted by atomic mass is 10.3. The summed E-state index contributed by atoms with van der Waals surface area (Å²) in [4.78, 5) is 3.25. The lowest BCUT2D eigenvalue weighted by Crippen LogP contribution is -2.01. The first-order valence-electron chi connectivity index (χ1n) is 4.72. The smallest absolute Gasteiger partial charge is 0.258 e. The van der Waals surface area contributed by atoms with Gasteiger partial charge >= 0.3 is 0 Å². The zero-order valence-corrected chi connectivity index (χ0v) is 8.75. The largest absolute Gasteiger partial charge is 0.433 e. The summed E-state index contributed by atoms with van der Waals surface area (Å²) in [7, 11) is 0. The number of hydrogen-bond acceptors (Lipinski definition) is 3. The number of halogens is 4. The predicted molar refractivity (Wildman–Crippen MR) is 55.0 cm³/mol. The highest BCUT2D eigenvalue weighted by Gasteiger charge is 2.15. The quantitative estimate of drug-likeness (QED) is 0.842. The summed E-state index contributed by atoms with van der Waals surface area (Å²) in [5, 5.41) is 0. The van der Waals surface area contributed by atoms with Crippen LogP contribution in [0.1, 0.15) is 0 Å². The fourth-order valence-corrected chi connectivity index (χ4v) is 1.20. The van der Waals surface area contributed by atoms with Crippen molar-refractivity contribution in [1.29, 1.82) is 0 Å². The number of hydrogen-bond donors (Lipinski definition) is 1. The van der Waals surface area contributed by atoms with Gasteiger partial charge in [-0.15, -0.1) is 0 Å². The fraction of sp³-hybridized carbons (Fsp3) is 0. The highest BCUT2D eigenvalue weighted by molar-refractivity contribution is 5.37. The molecule has 1 aromatic heterocycles. The molecule has 2 rings (SSSR count). The van der Waals surface area contributed by atoms with Gasteiger partial charge in [0.25, 0.3) is 5.88 Å². The number of pyridine rings is 1. The maximum Gasteiger partial charge on any atom is 0.258 e. The minimum atomic E-state index is -1.30. The van der Waals surface area contributed by atoms with Crippen molar-refractivity contribution in [3.05, 3.63) is 47.5 Å². The van der Waals surface area contributed by atoms with E-state index in [1.807, 2.05) is 0 Å². The molecular formula is C11H6F4N2O. The van der Waals surface area contributed by atoms with Gasteiger partial charge in [0.05, 0.1) is 0 Å². The Balaban J connectivity index is 2.40. The van der Waals surface area contributed by atoms with Crippen molar-refractivity contribution in [1.82, 2.24) is 4.98 Å². The molecular weight excluding hydrogens is 252 g/mol. The van der Waals surface area contributed by atoms with Crippen LogP contribution in [0.25, 0.3) is 0 Å². The van der Waals surface area contributed by atoms with Gasteiger partial charge in [-0.1, -0.05) is 6.07 Å². The second-order valence-electron chi connectivity index (χ2n) is 3.30. The Morgan fingerprint density at radius 1 is 1.00 bits per heavy atom. The van der Waals surface area contributed by atoms with Crippen LogP contribution in [0.3, 0.4) is 0 Å². The first-order chi connectivity index (χ1) is 8.49. The van der Waals surface area contributed by atoms with Crippen molar-refractivity contribution >= 4 is 5.82 Å². The van der Waals surface area contributed by atoms with Crippen molar-refractivity contribution < 1.29 is 22.3 Å². The first kappa shape index (κ1) is 12.2. The standard InChI is InChI=1S/C11H6F4N2O/c12-5-2-1-3-8(9(5)15)18-11-7(14)4-6(13)10(16)17-11/h1-4H,(H2,16,17). The monoisotopic (exact) mass is 258 g/mol. The van der Waals surface area contributed by atoms with Crippen LogP contribution in [0.15, 0.2) is 24.3 Å². The van der Waals surface area contributed by atoms with Crippen molar-refractivity contribution in [3.63, 3.8) is 0 Å². The zero-order chi connectivity index (χ0) is 13.3. The van der Waals surface area contributed by atoms with E-state index in [0.29, 0.717) is 6.07 Å². The summed E-state index contributed by atoms with van der Waals surface area (Å²) >= 11 is 0. The van der Waals surface area contributed by atoms with Gasteiger partial charge in [-0.3, -0.25) is 0 Å². The minimum Gasteiger partial charge on any atom is -0.433 e. The molecule has 0 aliphatic heterocycles. The molecule has 94 valence electrons. The number of rotatable bonds is 2. The van der Waals surface area contributed by atoms with Gasteiger partial charge in [0.15, 0.2) is 29.0 Å². The summed E-state index contributed by atoms with van der Waals surface area (Å²) in [6.45, 7) is 0. The van der Waals surface area contributed by atoms with E-state index in [0.717, 1.165) is 12.1 Å². The summed E-state index contributed by atoms with van der Waals surface area (Å²) in [5.74, 6) is -6.64. The van der Waals surface area contributed by atoms with E-state index in [4.69, 9.17) is 10.5 Å². The number of aromatic nitrogens is 1. The molecule has 0 unspecified atom stereocenters. The third-order valence-electron chi connectivity index (χ3n) is 2.05. The van der Waals surface area contributed by atoms with E-state index >= 15 is 0 Å². The predicted octanol–water partition coefficient (Wildman–Crippen LogP) is 3.01. The van der Waals surface area contributed by atoms with Gasteiger partial charge in [0.1, 0.15) is 0 Å². The second kappa shape index (κ2) is 4.52. The Kier molecular flexibility index (Phi) is 3.05. The van der Waals surface area contributed by atoms with Gasteiger partial charge in [-0.2, -0.15) is 9.37 Å². The highest BCUT2D eigenvalue weighted by Crippen LogP contribution is 2.27. The first-order valence-corrected chi connectivity index (χ1v) is 4.72. The Morgan fingerprint density at radius 2 is 1.72 bits per heavy atom. The number of nitrogens with two attached hydrogens (primary N) is 1. The maximum absolute atomic E-state index is 13.2. The van der Waals surface area contributed by atoms with Crippen molar-refractivity contribution in [2.45, 2.75) is 0 Å². The molecule has 18 heavy (non-hydrogen) atoms. The van der Waals surface area contributed by atoms with E-state index in [2.05, 4.69) is 4.98 Å². The SMILES string of the molecule is Nc1nc(Oc2cccc(F)c2F)c(F)cc1F. The molecule has 0 aliphatic rings. The Morgan fingerprint density at radius 3 is 2.44 bits per heavy atom. The lowest BCUT2D eigenvalue weighted by molar-refractivity contribution is 0.382. The van der Waals surface area contributed by atoms with E-state index in [1.54, 1.807) is 0 Å². The maximum atomic E-state index is 13.2. The number of nitrogens with zero attached hydrogens (tertiary/aromatic N) is 1. The molecule has 1 aromatic carbocycles. The highest BCUT2D eigenvalue weighted by atomic mass is 19.2. The van der Waals surface area contributed by atoms with Crippen LogP contribution in [-0.4, -0.2) is 4.98 Å². The molecule has 0 saturated carbocycles. The van der Waals surface area contributed by atoms with Gasteiger partial charge < -0.3 is 10.5 Å². The number of benzene rings is 1. The zero-order valence-electron chi connectivity index (χ0n) is 8.75. The van der Waals surface area contributed by atoms with Crippen molar-refractivity contribution in [3.8, 4) is 11.6 Å². The average molecular weight is 258 g/mol. The molecule has 0 amide bonds. The number of nitrogen functional groups attached to an aromatic ring is 1. The molecule has 0 aliphatic carbocycles. The van der Waals surface area contributed by atoms with Gasteiger partial charge in [0.2, 0.25) is 5.82 Å². The Labute approximate surface area is 98.8 Å². The van der Waals surface area contributed by atoms with Crippen molar-refractivity contribution in [2.75, 3.05) is 5.73 Å². The van der Waals surface area contributed by atoms with E-state index in [9.17, 15) is 17.6 Å². The van der Waals surface area contributed by atoms with Gasteiger partial charge in [-0.25, -0.2) is 13.2 Å². The normalized spacial score (nSPS) is 10.4. The van der Waals surface area contributed by atoms with Crippen LogP contribution in [0.4, 0.5) is 23.4 Å². The van der Waals surface area contributed by atoms with Crippen LogP contribution in [-0.2, 0) is 0 Å². The summed E-state index contributed by atoms with van der Waals surface area (Å²) in [6, 6.07) is 3.54. The molecule has 0 radical (unpaired) electrons. The van der Waals surface area contributed by atoms with E-state index in [1.165, 1.54) is 6.07 Å². The lowest BCUT2D eigenvalue weighted by Gasteiger charge is -2.07. The number of anilines is 1. The molecule has 3 nitrogen and oxygen atoms in total. The minimum absolute atomic E-state index is 0.439. The molecule has 0 saturated heterocycles. The third-order valence-corrected chi connectivity index (χ3v) is 2.05. The topological polar surface area (TPSA) is 48.1 Å². The molecule has 1 heterocycles. The number of ether oxygens (including phenoxy) is 1. The third kappa shape index (κ3) is 2.20. The van der Waals surface area contributed by atoms with E-state index in [-0.39, 0.29) is 0 Å². The molecule has 0 spiro atoms. The Bertz CT molecular complexity index is 604. The van der Waals surface area contributed by atoms with Crippen LogP contribution >= 0.6 is 0 Å². The molecule has 7 heteroatoms.